The second-order valence-corrected chi connectivity index (χ2v) is 15.0. The third kappa shape index (κ3) is 16.0. The molecule has 2 aromatic rings. The summed E-state index contributed by atoms with van der Waals surface area (Å²) in [6, 6.07) is 8.84. The maximum atomic E-state index is 6.41. The van der Waals surface area contributed by atoms with Crippen LogP contribution < -0.4 is 15.8 Å². The molecular formula is C42H73N7S. The van der Waals surface area contributed by atoms with Crippen molar-refractivity contribution >= 4 is 42.1 Å². The van der Waals surface area contributed by atoms with Gasteiger partial charge in [-0.3, -0.25) is 0 Å². The highest BCUT2D eigenvalue weighted by atomic mass is 32.2. The average molecular weight is 708 g/mol. The van der Waals surface area contributed by atoms with E-state index in [-0.39, 0.29) is 12.1 Å². The Morgan fingerprint density at radius 3 is 2.40 bits per heavy atom. The maximum absolute atomic E-state index is 6.41. The molecule has 3 atom stereocenters. The van der Waals surface area contributed by atoms with Gasteiger partial charge < -0.3 is 20.7 Å². The Balaban J connectivity index is 0.000000813. The minimum Gasteiger partial charge on any atom is -0.363 e. The van der Waals surface area contributed by atoms with E-state index < -0.39 is 0 Å². The Hall–Kier alpha value is -2.81. The lowest BCUT2D eigenvalue weighted by molar-refractivity contribution is 0.226. The number of piperidine rings is 1. The fraction of sp³-hybridized carbons (Fsp3) is 0.619. The van der Waals surface area contributed by atoms with Crippen molar-refractivity contribution in [1.29, 1.82) is 0 Å². The van der Waals surface area contributed by atoms with Gasteiger partial charge in [-0.05, 0) is 89.6 Å². The van der Waals surface area contributed by atoms with E-state index in [0.717, 1.165) is 91.9 Å². The van der Waals surface area contributed by atoms with Crippen LogP contribution in [0, 0.1) is 24.7 Å². The molecule has 0 aliphatic carbocycles. The summed E-state index contributed by atoms with van der Waals surface area (Å²) >= 11 is 1.60. The fourth-order valence-electron chi connectivity index (χ4n) is 6.25. The Morgan fingerprint density at radius 2 is 1.88 bits per heavy atom. The first kappa shape index (κ1) is 45.2. The van der Waals surface area contributed by atoms with Crippen molar-refractivity contribution in [3.63, 3.8) is 0 Å². The molecule has 1 aromatic heterocycles. The van der Waals surface area contributed by atoms with Gasteiger partial charge in [-0.25, -0.2) is 9.67 Å². The summed E-state index contributed by atoms with van der Waals surface area (Å²) in [6.07, 6.45) is 17.7. The third-order valence-electron chi connectivity index (χ3n) is 8.91. The van der Waals surface area contributed by atoms with Crippen molar-refractivity contribution in [2.45, 2.75) is 126 Å². The summed E-state index contributed by atoms with van der Waals surface area (Å²) in [7, 11) is 1.95. The molecule has 1 fully saturated rings. The minimum atomic E-state index is 0.123. The normalized spacial score (nSPS) is 16.1. The van der Waals surface area contributed by atoms with Gasteiger partial charge in [-0.2, -0.15) is 5.10 Å². The van der Waals surface area contributed by atoms with E-state index in [0.29, 0.717) is 5.92 Å². The zero-order valence-corrected chi connectivity index (χ0v) is 34.5. The van der Waals surface area contributed by atoms with E-state index in [9.17, 15) is 0 Å². The molecule has 0 spiro atoms. The molecule has 1 saturated heterocycles. The molecule has 4 N–H and O–H groups in total. The number of aliphatic imine (C=N–C) groups is 1. The summed E-state index contributed by atoms with van der Waals surface area (Å²) in [4.78, 5) is 6.72. The van der Waals surface area contributed by atoms with Crippen molar-refractivity contribution in [3.05, 3.63) is 65.4 Å². The number of likely N-dealkylation sites (N-methyl/N-ethyl adjacent to an activating group) is 1. The van der Waals surface area contributed by atoms with Crippen LogP contribution in [0.3, 0.4) is 0 Å². The standard InChI is InChI=1S/C29H45N7S.C7H14.C6H14/c1-8-23(25(30)18-31-5)15-21(3)19-36-29(32-6)17-27(33-36)28-11-9-10-14-35(28)22(4)24-16-20(2)12-13-26(24)34-37-7;1-4-5-6-7(2)3;1-4-5-6(2)3/h12-13,16-17,19,23,25,28,31,34H,4,6,8-11,14-15,18,30H2,1-3,5,7H3;5-7H,4H2,1-3H3;6H,4-5H2,1-3H3/b21-19-;;. The van der Waals surface area contributed by atoms with Crippen molar-refractivity contribution in [2.24, 2.45) is 28.5 Å². The van der Waals surface area contributed by atoms with E-state index >= 15 is 0 Å². The number of nitrogens with one attached hydrogen (secondary N) is 2. The van der Waals surface area contributed by atoms with Crippen LogP contribution in [0.4, 0.5) is 11.5 Å². The highest BCUT2D eigenvalue weighted by Gasteiger charge is 2.29. The number of benzene rings is 1. The number of aryl methyl sites for hydroxylation is 1. The molecule has 282 valence electrons. The van der Waals surface area contributed by atoms with Gasteiger partial charge in [0, 0.05) is 48.9 Å². The Bertz CT molecular complexity index is 1310. The predicted octanol–water partition coefficient (Wildman–Crippen LogP) is 11.3. The number of allylic oxidation sites excluding steroid dienone is 3. The zero-order valence-electron chi connectivity index (χ0n) is 33.7. The SMILES string of the molecule is C=Nc1cc(C2CCCCN2C(=C)c2cc(C)ccc2NSC)nn1/C=C(/C)CC(CC)C(N)CNC.CCC=CC(C)C.CCCC(C)C. The molecule has 1 aliphatic heterocycles. The molecule has 8 heteroatoms. The molecule has 1 aliphatic rings. The number of rotatable bonds is 17. The van der Waals surface area contributed by atoms with Crippen LogP contribution in [0.1, 0.15) is 130 Å². The monoisotopic (exact) mass is 708 g/mol. The Kier molecular flexibility index (Phi) is 22.8. The minimum absolute atomic E-state index is 0.123. The van der Waals surface area contributed by atoms with Gasteiger partial charge in [-0.15, -0.1) is 0 Å². The Labute approximate surface area is 311 Å². The van der Waals surface area contributed by atoms with Crippen molar-refractivity contribution in [2.75, 3.05) is 31.1 Å². The summed E-state index contributed by atoms with van der Waals surface area (Å²) in [5.41, 5.74) is 13.1. The quantitative estimate of drug-likeness (QED) is 0.0862. The highest BCUT2D eigenvalue weighted by molar-refractivity contribution is 7.99. The molecule has 0 amide bonds. The van der Waals surface area contributed by atoms with Gasteiger partial charge in [0.05, 0.1) is 17.4 Å². The topological polar surface area (TPSA) is 83.5 Å². The number of anilines is 1. The highest BCUT2D eigenvalue weighted by Crippen LogP contribution is 2.39. The van der Waals surface area contributed by atoms with E-state index in [4.69, 9.17) is 10.8 Å². The summed E-state index contributed by atoms with van der Waals surface area (Å²) in [5.74, 6) is 2.79. The molecule has 0 radical (unpaired) electrons. The van der Waals surface area contributed by atoms with Crippen LogP contribution in [0.15, 0.2) is 53.6 Å². The van der Waals surface area contributed by atoms with Gasteiger partial charge in [0.15, 0.2) is 5.82 Å². The number of likely N-dealkylation sites (tertiary alicyclic amines) is 1. The molecule has 3 rings (SSSR count). The molecule has 0 bridgehead atoms. The molecule has 0 saturated carbocycles. The number of aromatic nitrogens is 2. The molecule has 7 nitrogen and oxygen atoms in total. The largest absolute Gasteiger partial charge is 0.363 e. The van der Waals surface area contributed by atoms with Gasteiger partial charge in [-0.1, -0.05) is 116 Å². The van der Waals surface area contributed by atoms with Crippen molar-refractivity contribution in [1.82, 2.24) is 20.0 Å². The number of hydrogen-bond acceptors (Lipinski definition) is 7. The zero-order chi connectivity index (χ0) is 37.6. The van der Waals surface area contributed by atoms with Crippen molar-refractivity contribution < 1.29 is 0 Å². The average Bonchev–Trinajstić information content (AvgIpc) is 3.49. The number of hydrogen-bond donors (Lipinski definition) is 3. The van der Waals surface area contributed by atoms with Gasteiger partial charge in [0.1, 0.15) is 0 Å². The van der Waals surface area contributed by atoms with Crippen LogP contribution in [0.2, 0.25) is 0 Å². The van der Waals surface area contributed by atoms with Gasteiger partial charge >= 0.3 is 0 Å². The summed E-state index contributed by atoms with van der Waals surface area (Å²) < 4.78 is 5.31. The fourth-order valence-corrected chi connectivity index (χ4v) is 6.65. The van der Waals surface area contributed by atoms with Crippen LogP contribution in [0.25, 0.3) is 11.9 Å². The van der Waals surface area contributed by atoms with Crippen LogP contribution in [-0.2, 0) is 0 Å². The molecule has 3 unspecified atom stereocenters. The Morgan fingerprint density at radius 1 is 1.16 bits per heavy atom. The van der Waals surface area contributed by atoms with E-state index in [1.165, 1.54) is 24.0 Å². The van der Waals surface area contributed by atoms with E-state index in [2.05, 4.69) is 138 Å². The first-order valence-electron chi connectivity index (χ1n) is 19.0. The number of nitrogens with zero attached hydrogens (tertiary/aromatic N) is 4. The van der Waals surface area contributed by atoms with Crippen LogP contribution in [0.5, 0.6) is 0 Å². The summed E-state index contributed by atoms with van der Waals surface area (Å²) in [6.45, 7) is 29.9. The van der Waals surface area contributed by atoms with Gasteiger partial charge in [0.25, 0.3) is 0 Å². The first-order chi connectivity index (χ1) is 23.9. The second kappa shape index (κ2) is 25.2. The lowest BCUT2D eigenvalue weighted by Crippen LogP contribution is -2.38. The van der Waals surface area contributed by atoms with E-state index in [1.807, 2.05) is 18.0 Å². The smallest absolute Gasteiger partial charge is 0.154 e. The third-order valence-corrected chi connectivity index (χ3v) is 9.33. The first-order valence-corrected chi connectivity index (χ1v) is 20.2. The maximum Gasteiger partial charge on any atom is 0.154 e. The predicted molar refractivity (Wildman–Crippen MR) is 226 cm³/mol. The van der Waals surface area contributed by atoms with E-state index in [1.54, 1.807) is 11.9 Å². The number of nitrogens with two attached hydrogens (primary N) is 1. The lowest BCUT2D eigenvalue weighted by Gasteiger charge is -2.38. The summed E-state index contributed by atoms with van der Waals surface area (Å²) in [5, 5.41) is 8.22. The van der Waals surface area contributed by atoms with Crippen molar-refractivity contribution in [3.8, 4) is 0 Å². The second-order valence-electron chi connectivity index (χ2n) is 14.4. The van der Waals surface area contributed by atoms with Crippen LogP contribution in [-0.4, -0.2) is 53.8 Å². The van der Waals surface area contributed by atoms with Crippen LogP contribution >= 0.6 is 11.9 Å². The van der Waals surface area contributed by atoms with Gasteiger partial charge in [0.2, 0.25) is 0 Å². The lowest BCUT2D eigenvalue weighted by atomic mass is 9.91. The molecular weight excluding hydrogens is 635 g/mol. The molecule has 50 heavy (non-hydrogen) atoms. The molecule has 1 aromatic carbocycles. The molecule has 2 heterocycles.